The molecule has 0 aromatic rings. The second-order valence-corrected chi connectivity index (χ2v) is 9.64. The first-order chi connectivity index (χ1) is 18.1. The van der Waals surface area contributed by atoms with E-state index in [0.29, 0.717) is 58.3 Å². The molecule has 2 saturated heterocycles. The number of nitrogens with one attached hydrogen (secondary N) is 4. The number of rotatable bonds is 4. The summed E-state index contributed by atoms with van der Waals surface area (Å²) in [4.78, 5) is 59.0. The number of nitrogens with zero attached hydrogens (tertiary/aromatic N) is 1. The number of cyclic esters (lactones) is 1. The summed E-state index contributed by atoms with van der Waals surface area (Å²) < 4.78 is 10.1. The Kier molecular flexibility index (Phi) is 20.6. The normalized spacial score (nSPS) is 21.4. The van der Waals surface area contributed by atoms with E-state index in [9.17, 15) is 24.0 Å². The van der Waals surface area contributed by atoms with Gasteiger partial charge in [-0.15, -0.1) is 0 Å². The number of ether oxygens (including phenoxy) is 2. The fraction of sp³-hybridized carbons (Fsp3) is 0.800. The van der Waals surface area contributed by atoms with Gasteiger partial charge in [0.15, 0.2) is 0 Å². The van der Waals surface area contributed by atoms with Crippen molar-refractivity contribution >= 4 is 30.1 Å². The maximum absolute atomic E-state index is 11.9. The maximum atomic E-state index is 11.9. The van der Waals surface area contributed by atoms with Crippen molar-refractivity contribution in [3.05, 3.63) is 0 Å². The summed E-state index contributed by atoms with van der Waals surface area (Å²) in [6, 6.07) is -0.627. The molecule has 2 rings (SSSR count). The maximum Gasteiger partial charge on any atom is 0.407 e. The highest BCUT2D eigenvalue weighted by Gasteiger charge is 2.23. The van der Waals surface area contributed by atoms with E-state index in [1.807, 2.05) is 4.90 Å². The first-order valence-electron chi connectivity index (χ1n) is 13.2. The lowest BCUT2D eigenvalue weighted by Crippen LogP contribution is -2.44. The van der Waals surface area contributed by atoms with Gasteiger partial charge < -0.3 is 35.1 Å². The number of aldehydes is 1. The van der Waals surface area contributed by atoms with Crippen LogP contribution in [-0.4, -0.2) is 99.3 Å². The second kappa shape index (κ2) is 22.2. The predicted molar refractivity (Wildman–Crippen MR) is 140 cm³/mol. The molecule has 0 aliphatic carbocycles. The Labute approximate surface area is 225 Å². The van der Waals surface area contributed by atoms with Crippen molar-refractivity contribution in [1.82, 2.24) is 26.3 Å². The van der Waals surface area contributed by atoms with Crippen LogP contribution < -0.4 is 21.4 Å². The standard InChI is InChI=1S/C14H23N3O6.C7H14N2O2.C4H10/c18-9-11-5-1-2-6-15-14(21)23-7-3-4-10(13(20)17-22)8-12(19)16-11;1-8-6-7(10)9-2-4-11-5-3-9;1-4(2)3/h9-11,22H,1-8H2,(H,15,21)(H,16,19)(H,17,20);8H,2-6H2,1H3;4H,1-3H3/t10-,11-;;/m0../s1. The van der Waals surface area contributed by atoms with Crippen LogP contribution in [0.5, 0.6) is 0 Å². The van der Waals surface area contributed by atoms with Crippen LogP contribution in [0.3, 0.4) is 0 Å². The lowest BCUT2D eigenvalue weighted by atomic mass is 9.98. The van der Waals surface area contributed by atoms with Gasteiger partial charge in [0.25, 0.3) is 0 Å². The molecule has 2 aliphatic heterocycles. The summed E-state index contributed by atoms with van der Waals surface area (Å²) >= 11 is 0. The van der Waals surface area contributed by atoms with Crippen LogP contribution in [-0.2, 0) is 28.7 Å². The van der Waals surface area contributed by atoms with Crippen molar-refractivity contribution in [1.29, 1.82) is 0 Å². The SMILES string of the molecule is CC(C)C.CNCC(=O)N1CCOCC1.O=C[C@@H]1CCCCNC(=O)OCCC[C@H](C(=O)NO)CC(=O)N1. The molecule has 2 aliphatic rings. The minimum Gasteiger partial charge on any atom is -0.450 e. The van der Waals surface area contributed by atoms with Gasteiger partial charge in [-0.25, -0.2) is 10.3 Å². The molecule has 0 aromatic heterocycles. The third-order valence-electron chi connectivity index (χ3n) is 5.26. The number of morpholine rings is 1. The van der Waals surface area contributed by atoms with E-state index in [-0.39, 0.29) is 25.4 Å². The summed E-state index contributed by atoms with van der Waals surface area (Å²) in [5, 5.41) is 16.7. The number of likely N-dealkylation sites (N-methyl/N-ethyl adjacent to an activating group) is 1. The van der Waals surface area contributed by atoms with E-state index >= 15 is 0 Å². The first kappa shape index (κ1) is 35.2. The smallest absolute Gasteiger partial charge is 0.407 e. The number of amides is 4. The lowest BCUT2D eigenvalue weighted by Gasteiger charge is -2.26. The van der Waals surface area contributed by atoms with Crippen molar-refractivity contribution in [2.24, 2.45) is 11.8 Å². The number of hydroxylamine groups is 1. The van der Waals surface area contributed by atoms with Crippen LogP contribution in [0.2, 0.25) is 0 Å². The van der Waals surface area contributed by atoms with Gasteiger partial charge in [-0.1, -0.05) is 20.8 Å². The van der Waals surface area contributed by atoms with E-state index in [1.165, 1.54) is 5.48 Å². The monoisotopic (exact) mass is 545 g/mol. The third-order valence-corrected chi connectivity index (χ3v) is 5.26. The molecule has 4 amide bonds. The van der Waals surface area contributed by atoms with Gasteiger partial charge in [0.2, 0.25) is 17.7 Å². The molecule has 13 nitrogen and oxygen atoms in total. The number of alkyl carbamates (subject to hydrolysis) is 1. The Morgan fingerprint density at radius 3 is 2.34 bits per heavy atom. The van der Waals surface area contributed by atoms with E-state index < -0.39 is 29.9 Å². The molecule has 13 heteroatoms. The molecular weight excluding hydrogens is 498 g/mol. The highest BCUT2D eigenvalue weighted by Crippen LogP contribution is 2.13. The average Bonchev–Trinajstić information content (AvgIpc) is 2.89. The highest BCUT2D eigenvalue weighted by molar-refractivity contribution is 5.86. The quantitative estimate of drug-likeness (QED) is 0.192. The Morgan fingerprint density at radius 2 is 1.76 bits per heavy atom. The predicted octanol–water partition coefficient (Wildman–Crippen LogP) is 0.599. The van der Waals surface area contributed by atoms with Crippen LogP contribution in [0.25, 0.3) is 0 Å². The molecule has 0 saturated carbocycles. The molecule has 2 fully saturated rings. The van der Waals surface area contributed by atoms with Gasteiger partial charge in [-0.3, -0.25) is 19.6 Å². The summed E-state index contributed by atoms with van der Waals surface area (Å²) in [7, 11) is 1.78. The van der Waals surface area contributed by atoms with Crippen molar-refractivity contribution in [3.8, 4) is 0 Å². The van der Waals surface area contributed by atoms with Crippen LogP contribution in [0.15, 0.2) is 0 Å². The minimum atomic E-state index is -0.760. The Morgan fingerprint density at radius 1 is 1.11 bits per heavy atom. The van der Waals surface area contributed by atoms with E-state index in [1.54, 1.807) is 7.05 Å². The molecule has 0 unspecified atom stereocenters. The van der Waals surface area contributed by atoms with Crippen molar-refractivity contribution in [3.63, 3.8) is 0 Å². The zero-order chi connectivity index (χ0) is 28.8. The molecule has 0 aromatic carbocycles. The molecule has 0 spiro atoms. The van der Waals surface area contributed by atoms with E-state index in [4.69, 9.17) is 14.7 Å². The van der Waals surface area contributed by atoms with Crippen LogP contribution in [0, 0.1) is 11.8 Å². The number of carbonyl (C=O) groups is 5. The molecule has 0 bridgehead atoms. The summed E-state index contributed by atoms with van der Waals surface area (Å²) in [5.41, 5.74) is 1.53. The van der Waals surface area contributed by atoms with Gasteiger partial charge in [0.1, 0.15) is 6.29 Å². The first-order valence-corrected chi connectivity index (χ1v) is 13.2. The molecule has 2 heterocycles. The van der Waals surface area contributed by atoms with Crippen molar-refractivity contribution < 1.29 is 38.7 Å². The van der Waals surface area contributed by atoms with Gasteiger partial charge in [0.05, 0.1) is 32.4 Å². The molecule has 2 atom stereocenters. The highest BCUT2D eigenvalue weighted by atomic mass is 16.5. The molecule has 220 valence electrons. The Balaban J connectivity index is 0.000000751. The number of hydrogen-bond donors (Lipinski definition) is 5. The minimum absolute atomic E-state index is 0.111. The summed E-state index contributed by atoms with van der Waals surface area (Å²) in [5.74, 6) is -0.878. The van der Waals surface area contributed by atoms with Crippen LogP contribution in [0.4, 0.5) is 4.79 Å². The molecule has 0 radical (unpaired) electrons. The fourth-order valence-corrected chi connectivity index (χ4v) is 3.38. The molecule has 38 heavy (non-hydrogen) atoms. The second-order valence-electron chi connectivity index (χ2n) is 9.64. The van der Waals surface area contributed by atoms with Gasteiger partial charge in [-0.2, -0.15) is 0 Å². The molecule has 5 N–H and O–H groups in total. The summed E-state index contributed by atoms with van der Waals surface area (Å²) in [6.07, 6.45) is 2.35. The third kappa shape index (κ3) is 18.5. The Hall–Kier alpha value is -2.77. The molecular formula is C25H47N5O8. The lowest BCUT2D eigenvalue weighted by molar-refractivity contribution is -0.137. The van der Waals surface area contributed by atoms with Crippen molar-refractivity contribution in [2.75, 3.05) is 53.0 Å². The van der Waals surface area contributed by atoms with E-state index in [2.05, 4.69) is 36.7 Å². The van der Waals surface area contributed by atoms with Crippen molar-refractivity contribution in [2.45, 2.75) is 65.3 Å². The van der Waals surface area contributed by atoms with Gasteiger partial charge in [-0.05, 0) is 45.1 Å². The van der Waals surface area contributed by atoms with Crippen LogP contribution >= 0.6 is 0 Å². The number of hydrogen-bond acceptors (Lipinski definition) is 9. The van der Waals surface area contributed by atoms with Gasteiger partial charge in [0, 0.05) is 32.0 Å². The fourth-order valence-electron chi connectivity index (χ4n) is 3.38. The Bertz CT molecular complexity index is 698. The number of carbonyl (C=O) groups excluding carboxylic acids is 5. The zero-order valence-electron chi connectivity index (χ0n) is 23.3. The largest absolute Gasteiger partial charge is 0.450 e. The van der Waals surface area contributed by atoms with Gasteiger partial charge >= 0.3 is 6.09 Å². The topological polar surface area (TPSA) is 175 Å². The summed E-state index contributed by atoms with van der Waals surface area (Å²) in [6.45, 7) is 10.3. The van der Waals surface area contributed by atoms with E-state index in [0.717, 1.165) is 19.0 Å². The zero-order valence-corrected chi connectivity index (χ0v) is 23.3. The average molecular weight is 546 g/mol. The van der Waals surface area contributed by atoms with Crippen LogP contribution in [0.1, 0.15) is 59.3 Å².